The molecular formula is C20H23ClF3N5. The zero-order valence-electron chi connectivity index (χ0n) is 16.2. The van der Waals surface area contributed by atoms with E-state index in [4.69, 9.17) is 11.6 Å². The summed E-state index contributed by atoms with van der Waals surface area (Å²) in [6.45, 7) is 9.75. The van der Waals surface area contributed by atoms with E-state index in [1.807, 2.05) is 19.1 Å². The first kappa shape index (κ1) is 21.4. The number of imidazole rings is 1. The summed E-state index contributed by atoms with van der Waals surface area (Å²) < 4.78 is 39.5. The molecule has 156 valence electrons. The summed E-state index contributed by atoms with van der Waals surface area (Å²) in [6, 6.07) is 1.77. The molecule has 0 aliphatic carbocycles. The Morgan fingerprint density at radius 2 is 2.03 bits per heavy atom. The van der Waals surface area contributed by atoms with Crippen molar-refractivity contribution in [3.05, 3.63) is 59.3 Å². The van der Waals surface area contributed by atoms with Crippen molar-refractivity contribution in [1.82, 2.24) is 19.2 Å². The highest BCUT2D eigenvalue weighted by atomic mass is 35.5. The number of rotatable bonds is 6. The SMILES string of the molecule is C=C(N=C/C=C\C)N1CCN(Cc2ccn3c(CC(F)(F)F)cnc3c2Cl)CC1. The molecule has 3 heterocycles. The quantitative estimate of drug-likeness (QED) is 0.646. The van der Waals surface area contributed by atoms with Crippen LogP contribution in [0.25, 0.3) is 5.65 Å². The van der Waals surface area contributed by atoms with Crippen LogP contribution in [0.4, 0.5) is 13.2 Å². The Morgan fingerprint density at radius 1 is 1.31 bits per heavy atom. The number of aromatic nitrogens is 2. The molecule has 0 N–H and O–H groups in total. The van der Waals surface area contributed by atoms with Crippen molar-refractivity contribution in [2.75, 3.05) is 26.2 Å². The van der Waals surface area contributed by atoms with Crippen LogP contribution in [0.2, 0.25) is 5.02 Å². The van der Waals surface area contributed by atoms with E-state index in [0.29, 0.717) is 17.2 Å². The van der Waals surface area contributed by atoms with Crippen molar-refractivity contribution >= 4 is 23.5 Å². The number of aliphatic imine (C=N–C) groups is 1. The van der Waals surface area contributed by atoms with Crippen LogP contribution >= 0.6 is 11.6 Å². The van der Waals surface area contributed by atoms with Gasteiger partial charge in [-0.1, -0.05) is 24.3 Å². The van der Waals surface area contributed by atoms with Crippen LogP contribution in [0.1, 0.15) is 18.2 Å². The number of fused-ring (bicyclic) bond motifs is 1. The molecule has 0 atom stereocenters. The van der Waals surface area contributed by atoms with Crippen molar-refractivity contribution in [1.29, 1.82) is 0 Å². The number of nitrogens with zero attached hydrogens (tertiary/aromatic N) is 5. The minimum atomic E-state index is -4.29. The molecule has 0 unspecified atom stereocenters. The van der Waals surface area contributed by atoms with E-state index in [1.54, 1.807) is 18.5 Å². The maximum absolute atomic E-state index is 12.7. The Hall–Kier alpha value is -2.32. The van der Waals surface area contributed by atoms with Gasteiger partial charge in [-0.25, -0.2) is 9.98 Å². The van der Waals surface area contributed by atoms with Crippen molar-refractivity contribution in [3.8, 4) is 0 Å². The molecule has 9 heteroatoms. The van der Waals surface area contributed by atoms with Crippen molar-refractivity contribution < 1.29 is 13.2 Å². The molecule has 1 aliphatic rings. The fraction of sp³-hybridized carbons (Fsp3) is 0.400. The number of hydrogen-bond donors (Lipinski definition) is 0. The van der Waals surface area contributed by atoms with E-state index in [0.717, 1.165) is 37.6 Å². The second-order valence-electron chi connectivity index (χ2n) is 6.87. The maximum Gasteiger partial charge on any atom is 0.394 e. The fourth-order valence-electron chi connectivity index (χ4n) is 3.27. The molecule has 2 aromatic heterocycles. The standard InChI is InChI=1S/C20H23ClF3N5/c1-3-4-6-25-15(2)28-10-8-27(9-11-28)14-16-5-7-29-17(12-20(22,23)24)13-26-19(29)18(16)21/h3-7,13H,2,8-12,14H2,1H3/b4-3-,25-6?. The lowest BCUT2D eigenvalue weighted by molar-refractivity contribution is -0.127. The van der Waals surface area contributed by atoms with Gasteiger partial charge in [0.2, 0.25) is 0 Å². The molecule has 0 aromatic carbocycles. The van der Waals surface area contributed by atoms with Gasteiger partial charge >= 0.3 is 6.18 Å². The van der Waals surface area contributed by atoms with Gasteiger partial charge in [-0.15, -0.1) is 0 Å². The number of pyridine rings is 1. The van der Waals surface area contributed by atoms with Crippen LogP contribution in [0.15, 0.2) is 48.0 Å². The van der Waals surface area contributed by atoms with E-state index < -0.39 is 12.6 Å². The van der Waals surface area contributed by atoms with Crippen LogP contribution in [0.5, 0.6) is 0 Å². The third-order valence-corrected chi connectivity index (χ3v) is 5.20. The van der Waals surface area contributed by atoms with Crippen molar-refractivity contribution in [3.63, 3.8) is 0 Å². The third-order valence-electron chi connectivity index (χ3n) is 4.79. The Bertz CT molecular complexity index is 924. The summed E-state index contributed by atoms with van der Waals surface area (Å²) in [5, 5.41) is 0.392. The second-order valence-corrected chi connectivity index (χ2v) is 7.25. The zero-order chi connectivity index (χ0) is 21.0. The number of piperazine rings is 1. The molecule has 1 saturated heterocycles. The molecule has 1 fully saturated rings. The van der Waals surface area contributed by atoms with E-state index in [1.165, 1.54) is 10.6 Å². The first-order valence-electron chi connectivity index (χ1n) is 9.30. The Morgan fingerprint density at radius 3 is 2.69 bits per heavy atom. The lowest BCUT2D eigenvalue weighted by Crippen LogP contribution is -2.44. The first-order valence-corrected chi connectivity index (χ1v) is 9.68. The van der Waals surface area contributed by atoms with Crippen LogP contribution in [0, 0.1) is 0 Å². The molecular weight excluding hydrogens is 403 g/mol. The van der Waals surface area contributed by atoms with Crippen molar-refractivity contribution in [2.24, 2.45) is 4.99 Å². The molecule has 0 amide bonds. The zero-order valence-corrected chi connectivity index (χ0v) is 16.9. The Kier molecular flexibility index (Phi) is 6.64. The smallest absolute Gasteiger partial charge is 0.355 e. The van der Waals surface area contributed by atoms with Crippen LogP contribution < -0.4 is 0 Å². The minimum absolute atomic E-state index is 0.0755. The highest BCUT2D eigenvalue weighted by Crippen LogP contribution is 2.27. The molecule has 29 heavy (non-hydrogen) atoms. The molecule has 2 aromatic rings. The predicted molar refractivity (Wildman–Crippen MR) is 109 cm³/mol. The normalized spacial score (nSPS) is 16.5. The monoisotopic (exact) mass is 425 g/mol. The van der Waals surface area contributed by atoms with Gasteiger partial charge in [0.05, 0.1) is 17.1 Å². The van der Waals surface area contributed by atoms with E-state index >= 15 is 0 Å². The summed E-state index contributed by atoms with van der Waals surface area (Å²) in [5.74, 6) is 0.733. The number of allylic oxidation sites excluding steroid dienone is 2. The van der Waals surface area contributed by atoms with Gasteiger partial charge in [-0.05, 0) is 24.6 Å². The average molecular weight is 426 g/mol. The van der Waals surface area contributed by atoms with Gasteiger partial charge < -0.3 is 9.30 Å². The molecule has 0 radical (unpaired) electrons. The van der Waals surface area contributed by atoms with Gasteiger partial charge in [-0.3, -0.25) is 4.90 Å². The number of alkyl halides is 3. The van der Waals surface area contributed by atoms with Gasteiger partial charge in [0.1, 0.15) is 5.82 Å². The highest BCUT2D eigenvalue weighted by molar-refractivity contribution is 6.34. The lowest BCUT2D eigenvalue weighted by Gasteiger charge is -2.35. The molecule has 5 nitrogen and oxygen atoms in total. The second kappa shape index (κ2) is 9.00. The van der Waals surface area contributed by atoms with Crippen molar-refractivity contribution in [2.45, 2.75) is 26.1 Å². The molecule has 0 bridgehead atoms. The van der Waals surface area contributed by atoms with E-state index in [2.05, 4.69) is 26.4 Å². The summed E-state index contributed by atoms with van der Waals surface area (Å²) in [7, 11) is 0. The Balaban J connectivity index is 1.64. The maximum atomic E-state index is 12.7. The summed E-state index contributed by atoms with van der Waals surface area (Å²) in [6.07, 6.45) is 3.00. The topological polar surface area (TPSA) is 36.1 Å². The minimum Gasteiger partial charge on any atom is -0.355 e. The molecule has 1 aliphatic heterocycles. The Labute approximate surface area is 172 Å². The van der Waals surface area contributed by atoms with Crippen LogP contribution in [0.3, 0.4) is 0 Å². The third kappa shape index (κ3) is 5.39. The summed E-state index contributed by atoms with van der Waals surface area (Å²) in [5.41, 5.74) is 1.28. The lowest BCUT2D eigenvalue weighted by atomic mass is 10.2. The first-order chi connectivity index (χ1) is 13.8. The fourth-order valence-corrected chi connectivity index (χ4v) is 3.53. The van der Waals surface area contributed by atoms with Gasteiger partial charge in [0.15, 0.2) is 5.65 Å². The predicted octanol–water partition coefficient (Wildman–Crippen LogP) is 4.33. The van der Waals surface area contributed by atoms with Gasteiger partial charge in [0, 0.05) is 51.3 Å². The summed E-state index contributed by atoms with van der Waals surface area (Å²) in [4.78, 5) is 12.8. The molecule has 3 rings (SSSR count). The van der Waals surface area contributed by atoms with E-state index in [-0.39, 0.29) is 5.69 Å². The van der Waals surface area contributed by atoms with Gasteiger partial charge in [0.25, 0.3) is 0 Å². The van der Waals surface area contributed by atoms with Crippen LogP contribution in [-0.2, 0) is 13.0 Å². The van der Waals surface area contributed by atoms with E-state index in [9.17, 15) is 13.2 Å². The number of hydrogen-bond acceptors (Lipinski definition) is 4. The largest absolute Gasteiger partial charge is 0.394 e. The van der Waals surface area contributed by atoms with Gasteiger partial charge in [-0.2, -0.15) is 13.2 Å². The molecule has 0 spiro atoms. The average Bonchev–Trinajstić information content (AvgIpc) is 3.06. The summed E-state index contributed by atoms with van der Waals surface area (Å²) >= 11 is 6.45. The highest BCUT2D eigenvalue weighted by Gasteiger charge is 2.29. The van der Waals surface area contributed by atoms with Crippen LogP contribution in [-0.4, -0.2) is 57.8 Å². The molecule has 0 saturated carbocycles. The number of halogens is 4.